The van der Waals surface area contributed by atoms with E-state index < -0.39 is 6.61 Å². The number of benzene rings is 2. The number of halogens is 2. The summed E-state index contributed by atoms with van der Waals surface area (Å²) in [7, 11) is 0. The van der Waals surface area contributed by atoms with E-state index in [0.717, 1.165) is 11.1 Å². The average Bonchev–Trinajstić information content (AvgIpc) is 2.52. The summed E-state index contributed by atoms with van der Waals surface area (Å²) in [6.07, 6.45) is 0.0932. The highest BCUT2D eigenvalue weighted by atomic mass is 19.3. The van der Waals surface area contributed by atoms with Gasteiger partial charge in [-0.2, -0.15) is 8.78 Å². The van der Waals surface area contributed by atoms with Crippen LogP contribution in [-0.4, -0.2) is 19.1 Å². The highest BCUT2D eigenvalue weighted by molar-refractivity contribution is 5.92. The summed E-state index contributed by atoms with van der Waals surface area (Å²) in [5.41, 5.74) is 2.47. The first-order valence-corrected chi connectivity index (χ1v) is 7.49. The summed E-state index contributed by atoms with van der Waals surface area (Å²) in [5.74, 6) is 0.271. The normalized spacial score (nSPS) is 10.5. The molecule has 0 bridgehead atoms. The number of para-hydroxylation sites is 2. The van der Waals surface area contributed by atoms with Crippen LogP contribution in [0.2, 0.25) is 0 Å². The monoisotopic (exact) mass is 335 g/mol. The number of aryl methyl sites for hydroxylation is 2. The first-order valence-electron chi connectivity index (χ1n) is 7.49. The predicted octanol–water partition coefficient (Wildman–Crippen LogP) is 4.31. The number of nitrogens with one attached hydrogen (secondary N) is 1. The van der Waals surface area contributed by atoms with Crippen LogP contribution in [0.15, 0.2) is 42.5 Å². The largest absolute Gasteiger partial charge is 0.493 e. The lowest BCUT2D eigenvalue weighted by Gasteiger charge is -2.12. The molecule has 0 unspecified atom stereocenters. The molecule has 2 aromatic rings. The van der Waals surface area contributed by atoms with Gasteiger partial charge in [0.1, 0.15) is 11.5 Å². The van der Waals surface area contributed by atoms with Crippen molar-refractivity contribution in [1.82, 2.24) is 0 Å². The van der Waals surface area contributed by atoms with Gasteiger partial charge < -0.3 is 14.8 Å². The van der Waals surface area contributed by atoms with Gasteiger partial charge in [0, 0.05) is 0 Å². The molecular formula is C18H19F2NO3. The first kappa shape index (κ1) is 17.7. The summed E-state index contributed by atoms with van der Waals surface area (Å²) in [6, 6.07) is 11.7. The Morgan fingerprint density at radius 3 is 2.58 bits per heavy atom. The number of ether oxygens (including phenoxy) is 2. The number of carbonyl (C=O) groups excluding carboxylic acids is 1. The Morgan fingerprint density at radius 2 is 1.88 bits per heavy atom. The molecule has 0 spiro atoms. The van der Waals surface area contributed by atoms with Crippen LogP contribution in [0.1, 0.15) is 17.5 Å². The van der Waals surface area contributed by atoms with Gasteiger partial charge in [0.2, 0.25) is 5.91 Å². The van der Waals surface area contributed by atoms with Crippen molar-refractivity contribution in [3.63, 3.8) is 0 Å². The van der Waals surface area contributed by atoms with E-state index in [0.29, 0.717) is 5.75 Å². The maximum atomic E-state index is 12.3. The summed E-state index contributed by atoms with van der Waals surface area (Å²) < 4.78 is 34.6. The number of anilines is 1. The van der Waals surface area contributed by atoms with Crippen LogP contribution >= 0.6 is 0 Å². The van der Waals surface area contributed by atoms with E-state index in [4.69, 9.17) is 4.74 Å². The summed E-state index contributed by atoms with van der Waals surface area (Å²) in [5, 5.41) is 2.55. The van der Waals surface area contributed by atoms with Gasteiger partial charge >= 0.3 is 6.61 Å². The molecule has 0 aliphatic carbocycles. The molecule has 0 saturated carbocycles. The standard InChI is InChI=1S/C18H19F2NO3/c1-12-7-8-14(11-13(12)2)23-10-9-17(22)21-15-5-3-4-6-16(15)24-18(19)20/h3-8,11,18H,9-10H2,1-2H3,(H,21,22). The van der Waals surface area contributed by atoms with Gasteiger partial charge in [-0.3, -0.25) is 4.79 Å². The zero-order chi connectivity index (χ0) is 17.5. The molecule has 0 fully saturated rings. The molecule has 0 saturated heterocycles. The van der Waals surface area contributed by atoms with Crippen molar-refractivity contribution >= 4 is 11.6 Å². The molecule has 24 heavy (non-hydrogen) atoms. The average molecular weight is 335 g/mol. The second-order valence-corrected chi connectivity index (χ2v) is 5.27. The molecule has 0 atom stereocenters. The third-order valence-electron chi connectivity index (χ3n) is 3.45. The van der Waals surface area contributed by atoms with Crippen LogP contribution in [0.5, 0.6) is 11.5 Å². The quantitative estimate of drug-likeness (QED) is 0.820. The van der Waals surface area contributed by atoms with Crippen LogP contribution in [0, 0.1) is 13.8 Å². The Labute approximate surface area is 139 Å². The fourth-order valence-electron chi connectivity index (χ4n) is 2.05. The Hall–Kier alpha value is -2.63. The van der Waals surface area contributed by atoms with Crippen molar-refractivity contribution in [2.45, 2.75) is 26.9 Å². The topological polar surface area (TPSA) is 47.6 Å². The molecule has 1 N–H and O–H groups in total. The van der Waals surface area contributed by atoms with E-state index in [9.17, 15) is 13.6 Å². The van der Waals surface area contributed by atoms with E-state index in [-0.39, 0.29) is 30.4 Å². The fourth-order valence-corrected chi connectivity index (χ4v) is 2.05. The molecule has 4 nitrogen and oxygen atoms in total. The van der Waals surface area contributed by atoms with E-state index in [1.165, 1.54) is 12.1 Å². The van der Waals surface area contributed by atoms with Gasteiger partial charge in [-0.15, -0.1) is 0 Å². The molecule has 2 rings (SSSR count). The molecule has 6 heteroatoms. The number of hydrogen-bond acceptors (Lipinski definition) is 3. The molecule has 128 valence electrons. The van der Waals surface area contributed by atoms with Gasteiger partial charge in [0.05, 0.1) is 18.7 Å². The minimum atomic E-state index is -2.95. The summed E-state index contributed by atoms with van der Waals surface area (Å²) in [6.45, 7) is 1.23. The van der Waals surface area contributed by atoms with E-state index >= 15 is 0 Å². The Balaban J connectivity index is 1.86. The fraction of sp³-hybridized carbons (Fsp3) is 0.278. The zero-order valence-electron chi connectivity index (χ0n) is 13.5. The second kappa shape index (κ2) is 8.29. The van der Waals surface area contributed by atoms with Gasteiger partial charge in [-0.1, -0.05) is 18.2 Å². The number of hydrogen-bond donors (Lipinski definition) is 1. The van der Waals surface area contributed by atoms with Crippen molar-refractivity contribution in [3.8, 4) is 11.5 Å². The molecule has 0 aliphatic heterocycles. The molecule has 1 amide bonds. The third kappa shape index (κ3) is 5.22. The van der Waals surface area contributed by atoms with Crippen molar-refractivity contribution in [2.75, 3.05) is 11.9 Å². The van der Waals surface area contributed by atoms with Crippen molar-refractivity contribution in [3.05, 3.63) is 53.6 Å². The third-order valence-corrected chi connectivity index (χ3v) is 3.45. The van der Waals surface area contributed by atoms with Crippen LogP contribution in [0.25, 0.3) is 0 Å². The first-order chi connectivity index (χ1) is 11.5. The lowest BCUT2D eigenvalue weighted by atomic mass is 10.1. The second-order valence-electron chi connectivity index (χ2n) is 5.27. The van der Waals surface area contributed by atoms with Gasteiger partial charge in [0.25, 0.3) is 0 Å². The van der Waals surface area contributed by atoms with Crippen LogP contribution in [0.3, 0.4) is 0 Å². The smallest absolute Gasteiger partial charge is 0.387 e. The van der Waals surface area contributed by atoms with Crippen molar-refractivity contribution < 1.29 is 23.0 Å². The summed E-state index contributed by atoms with van der Waals surface area (Å²) in [4.78, 5) is 11.9. The van der Waals surface area contributed by atoms with Gasteiger partial charge in [-0.05, 0) is 49.2 Å². The lowest BCUT2D eigenvalue weighted by molar-refractivity contribution is -0.116. The molecule has 0 aromatic heterocycles. The molecule has 0 heterocycles. The van der Waals surface area contributed by atoms with E-state index in [2.05, 4.69) is 10.1 Å². The highest BCUT2D eigenvalue weighted by Crippen LogP contribution is 2.25. The highest BCUT2D eigenvalue weighted by Gasteiger charge is 2.11. The predicted molar refractivity (Wildman–Crippen MR) is 87.7 cm³/mol. The zero-order valence-corrected chi connectivity index (χ0v) is 13.5. The number of carbonyl (C=O) groups is 1. The maximum Gasteiger partial charge on any atom is 0.387 e. The van der Waals surface area contributed by atoms with Crippen LogP contribution in [-0.2, 0) is 4.79 Å². The number of amides is 1. The van der Waals surface area contributed by atoms with Gasteiger partial charge in [-0.25, -0.2) is 0 Å². The molecular weight excluding hydrogens is 316 g/mol. The van der Waals surface area contributed by atoms with Crippen molar-refractivity contribution in [1.29, 1.82) is 0 Å². The minimum absolute atomic E-state index is 0.0732. The Bertz CT molecular complexity index is 704. The van der Waals surface area contributed by atoms with Crippen molar-refractivity contribution in [2.24, 2.45) is 0 Å². The lowest BCUT2D eigenvalue weighted by Crippen LogP contribution is -2.16. The number of alkyl halides is 2. The number of rotatable bonds is 7. The molecule has 0 aliphatic rings. The Morgan fingerprint density at radius 1 is 1.12 bits per heavy atom. The molecule has 0 radical (unpaired) electrons. The van der Waals surface area contributed by atoms with Crippen LogP contribution in [0.4, 0.5) is 14.5 Å². The molecule has 2 aromatic carbocycles. The van der Waals surface area contributed by atoms with Crippen LogP contribution < -0.4 is 14.8 Å². The van der Waals surface area contributed by atoms with E-state index in [1.54, 1.807) is 12.1 Å². The van der Waals surface area contributed by atoms with Gasteiger partial charge in [0.15, 0.2) is 0 Å². The van der Waals surface area contributed by atoms with E-state index in [1.807, 2.05) is 32.0 Å². The maximum absolute atomic E-state index is 12.3. The SMILES string of the molecule is Cc1ccc(OCCC(=O)Nc2ccccc2OC(F)F)cc1C. The Kier molecular flexibility index (Phi) is 6.12. The summed E-state index contributed by atoms with van der Waals surface area (Å²) >= 11 is 0. The minimum Gasteiger partial charge on any atom is -0.493 e.